The van der Waals surface area contributed by atoms with Gasteiger partial charge in [0.05, 0.1) is 6.10 Å². The van der Waals surface area contributed by atoms with Gasteiger partial charge in [0.25, 0.3) is 0 Å². The maximum Gasteiger partial charge on any atom is 0.303 e. The van der Waals surface area contributed by atoms with Gasteiger partial charge in [0.15, 0.2) is 0 Å². The summed E-state index contributed by atoms with van der Waals surface area (Å²) in [5.74, 6) is -0.397. The van der Waals surface area contributed by atoms with E-state index >= 15 is 0 Å². The SMILES string of the molecule is CCCCC(=O)N(CC[C@@H](O)CCC(=O)O)Cc1ccc(-c2cc(-c3ccccc3)ccc2-c2nn[nH]n2)cc1. The van der Waals surface area contributed by atoms with Crippen LogP contribution in [0.3, 0.4) is 0 Å². The molecule has 3 N–H and O–H groups in total. The first kappa shape index (κ1) is 28.6. The number of carbonyl (C=O) groups excluding carboxylic acids is 1. The van der Waals surface area contributed by atoms with E-state index in [0.29, 0.717) is 31.8 Å². The van der Waals surface area contributed by atoms with Gasteiger partial charge in [-0.05, 0) is 64.4 Å². The van der Waals surface area contributed by atoms with Crippen molar-refractivity contribution in [2.75, 3.05) is 6.54 Å². The van der Waals surface area contributed by atoms with E-state index in [2.05, 4.69) is 38.8 Å². The quantitative estimate of drug-likeness (QED) is 0.196. The number of aromatic amines is 1. The van der Waals surface area contributed by atoms with E-state index in [9.17, 15) is 14.7 Å². The van der Waals surface area contributed by atoms with Gasteiger partial charge >= 0.3 is 5.97 Å². The molecule has 40 heavy (non-hydrogen) atoms. The highest BCUT2D eigenvalue weighted by Gasteiger charge is 2.17. The van der Waals surface area contributed by atoms with Gasteiger partial charge in [0, 0.05) is 31.5 Å². The Bertz CT molecular complexity index is 1370. The number of unbranched alkanes of at least 4 members (excludes halogenated alkanes) is 1. The lowest BCUT2D eigenvalue weighted by atomic mass is 9.93. The van der Waals surface area contributed by atoms with Crippen molar-refractivity contribution in [3.8, 4) is 33.6 Å². The number of aromatic nitrogens is 4. The summed E-state index contributed by atoms with van der Waals surface area (Å²) < 4.78 is 0. The molecule has 0 bridgehead atoms. The van der Waals surface area contributed by atoms with Gasteiger partial charge in [-0.2, -0.15) is 5.21 Å². The van der Waals surface area contributed by atoms with Gasteiger partial charge in [-0.25, -0.2) is 0 Å². The Morgan fingerprint density at radius 1 is 0.900 bits per heavy atom. The van der Waals surface area contributed by atoms with Crippen molar-refractivity contribution >= 4 is 11.9 Å². The van der Waals surface area contributed by atoms with E-state index in [1.807, 2.05) is 61.5 Å². The minimum absolute atomic E-state index is 0.0336. The van der Waals surface area contributed by atoms with Crippen molar-refractivity contribution < 1.29 is 19.8 Å². The molecule has 0 unspecified atom stereocenters. The molecule has 1 aromatic heterocycles. The molecule has 1 atom stereocenters. The summed E-state index contributed by atoms with van der Waals surface area (Å²) in [7, 11) is 0. The molecule has 0 spiro atoms. The van der Waals surface area contributed by atoms with E-state index in [1.54, 1.807) is 4.90 Å². The molecular weight excluding hydrogens is 506 g/mol. The van der Waals surface area contributed by atoms with Gasteiger partial charge in [-0.1, -0.05) is 74.0 Å². The number of carbonyl (C=O) groups is 2. The number of aliphatic hydroxyl groups excluding tert-OH is 1. The van der Waals surface area contributed by atoms with E-state index in [0.717, 1.165) is 46.2 Å². The van der Waals surface area contributed by atoms with Crippen molar-refractivity contribution in [1.29, 1.82) is 0 Å². The zero-order chi connectivity index (χ0) is 28.3. The topological polar surface area (TPSA) is 132 Å². The highest BCUT2D eigenvalue weighted by atomic mass is 16.4. The molecule has 0 aliphatic carbocycles. The number of nitrogens with zero attached hydrogens (tertiary/aromatic N) is 4. The van der Waals surface area contributed by atoms with Gasteiger partial charge in [-0.15, -0.1) is 10.2 Å². The van der Waals surface area contributed by atoms with Crippen LogP contribution in [0.25, 0.3) is 33.6 Å². The summed E-state index contributed by atoms with van der Waals surface area (Å²) >= 11 is 0. The van der Waals surface area contributed by atoms with Crippen LogP contribution in [0.5, 0.6) is 0 Å². The normalized spacial score (nSPS) is 11.8. The van der Waals surface area contributed by atoms with E-state index < -0.39 is 12.1 Å². The van der Waals surface area contributed by atoms with Gasteiger partial charge in [-0.3, -0.25) is 9.59 Å². The van der Waals surface area contributed by atoms with Crippen LogP contribution in [0, 0.1) is 0 Å². The number of aliphatic hydroxyl groups is 1. The number of amides is 1. The van der Waals surface area contributed by atoms with Crippen molar-refractivity contribution in [3.63, 3.8) is 0 Å². The third-order valence-corrected chi connectivity index (χ3v) is 6.87. The zero-order valence-electron chi connectivity index (χ0n) is 22.7. The lowest BCUT2D eigenvalue weighted by Crippen LogP contribution is -2.33. The largest absolute Gasteiger partial charge is 0.481 e. The molecule has 0 aliphatic heterocycles. The fraction of sp³-hybridized carbons (Fsp3) is 0.323. The first-order valence-electron chi connectivity index (χ1n) is 13.6. The zero-order valence-corrected chi connectivity index (χ0v) is 22.7. The molecular formula is C31H35N5O4. The summed E-state index contributed by atoms with van der Waals surface area (Å²) in [6, 6.07) is 24.4. The fourth-order valence-electron chi connectivity index (χ4n) is 4.59. The molecule has 0 saturated carbocycles. The first-order chi connectivity index (χ1) is 19.4. The molecule has 0 radical (unpaired) electrons. The van der Waals surface area contributed by atoms with Crippen molar-refractivity contribution in [1.82, 2.24) is 25.5 Å². The Kier molecular flexibility index (Phi) is 10.1. The number of carboxylic acid groups (broad SMARTS) is 1. The number of rotatable bonds is 14. The maximum atomic E-state index is 12.9. The molecule has 1 heterocycles. The lowest BCUT2D eigenvalue weighted by Gasteiger charge is -2.24. The van der Waals surface area contributed by atoms with Gasteiger partial charge in [0.1, 0.15) is 0 Å². The Hall–Kier alpha value is -4.37. The molecule has 0 fully saturated rings. The number of H-pyrrole nitrogens is 1. The molecule has 0 aliphatic rings. The summed E-state index contributed by atoms with van der Waals surface area (Å²) in [6.45, 7) is 2.82. The summed E-state index contributed by atoms with van der Waals surface area (Å²) in [6.07, 6.45) is 1.81. The number of nitrogens with one attached hydrogen (secondary N) is 1. The second-order valence-corrected chi connectivity index (χ2v) is 9.85. The van der Waals surface area contributed by atoms with Crippen molar-refractivity contribution in [2.45, 2.75) is 58.1 Å². The summed E-state index contributed by atoms with van der Waals surface area (Å²) in [5, 5.41) is 33.7. The smallest absolute Gasteiger partial charge is 0.303 e. The lowest BCUT2D eigenvalue weighted by molar-refractivity contribution is -0.138. The van der Waals surface area contributed by atoms with Gasteiger partial charge in [0.2, 0.25) is 11.7 Å². The van der Waals surface area contributed by atoms with Crippen LogP contribution in [-0.4, -0.2) is 60.3 Å². The second-order valence-electron chi connectivity index (χ2n) is 9.85. The fourth-order valence-corrected chi connectivity index (χ4v) is 4.59. The number of hydrogen-bond acceptors (Lipinski definition) is 6. The van der Waals surface area contributed by atoms with Crippen molar-refractivity contribution in [3.05, 3.63) is 78.4 Å². The van der Waals surface area contributed by atoms with Crippen LogP contribution in [-0.2, 0) is 16.1 Å². The third kappa shape index (κ3) is 7.83. The number of tetrazole rings is 1. The molecule has 4 rings (SSSR count). The predicted molar refractivity (Wildman–Crippen MR) is 153 cm³/mol. The number of carboxylic acids is 1. The monoisotopic (exact) mass is 541 g/mol. The van der Waals surface area contributed by atoms with Crippen LogP contribution in [0.2, 0.25) is 0 Å². The van der Waals surface area contributed by atoms with Crippen LogP contribution < -0.4 is 0 Å². The minimum Gasteiger partial charge on any atom is -0.481 e. The molecule has 208 valence electrons. The van der Waals surface area contributed by atoms with Gasteiger partial charge < -0.3 is 15.1 Å². The maximum absolute atomic E-state index is 12.9. The van der Waals surface area contributed by atoms with E-state index in [-0.39, 0.29) is 18.7 Å². The first-order valence-corrected chi connectivity index (χ1v) is 13.6. The summed E-state index contributed by atoms with van der Waals surface area (Å²) in [5.41, 5.74) is 5.94. The average Bonchev–Trinajstić information content (AvgIpc) is 3.52. The second kappa shape index (κ2) is 14.1. The molecule has 4 aromatic rings. The molecule has 3 aromatic carbocycles. The Morgan fingerprint density at radius 2 is 1.65 bits per heavy atom. The third-order valence-electron chi connectivity index (χ3n) is 6.87. The average molecular weight is 542 g/mol. The molecule has 0 saturated heterocycles. The number of aliphatic carboxylic acids is 1. The Balaban J connectivity index is 1.55. The molecule has 1 amide bonds. The number of hydrogen-bond donors (Lipinski definition) is 3. The molecule has 9 heteroatoms. The van der Waals surface area contributed by atoms with Crippen LogP contribution in [0.1, 0.15) is 51.0 Å². The van der Waals surface area contributed by atoms with Crippen LogP contribution >= 0.6 is 0 Å². The molecule has 9 nitrogen and oxygen atoms in total. The Labute approximate surface area is 233 Å². The summed E-state index contributed by atoms with van der Waals surface area (Å²) in [4.78, 5) is 25.5. The predicted octanol–water partition coefficient (Wildman–Crippen LogP) is 5.34. The minimum atomic E-state index is -0.938. The highest BCUT2D eigenvalue weighted by molar-refractivity contribution is 5.85. The van der Waals surface area contributed by atoms with E-state index in [4.69, 9.17) is 5.11 Å². The Morgan fingerprint density at radius 3 is 2.33 bits per heavy atom. The van der Waals surface area contributed by atoms with Crippen molar-refractivity contribution in [2.24, 2.45) is 0 Å². The number of benzene rings is 3. The highest BCUT2D eigenvalue weighted by Crippen LogP contribution is 2.34. The standard InChI is InChI=1S/C31H35N5O4/c1-2-3-9-29(38)36(19-18-26(37)15-17-30(39)40)21-22-10-12-24(13-11-22)28-20-25(23-7-5-4-6-8-23)14-16-27(28)31-32-34-35-33-31/h4-8,10-14,16,20,26,37H,2-3,9,15,17-19,21H2,1H3,(H,39,40)(H,32,33,34,35)/t26-/m0/s1. The van der Waals surface area contributed by atoms with Crippen LogP contribution in [0.4, 0.5) is 0 Å². The van der Waals surface area contributed by atoms with E-state index in [1.165, 1.54) is 0 Å². The van der Waals surface area contributed by atoms with Crippen LogP contribution in [0.15, 0.2) is 72.8 Å².